The highest BCUT2D eigenvalue weighted by atomic mass is 32.2. The van der Waals surface area contributed by atoms with Gasteiger partial charge in [0.25, 0.3) is 5.91 Å². The highest BCUT2D eigenvalue weighted by Gasteiger charge is 2.16. The van der Waals surface area contributed by atoms with Gasteiger partial charge in [-0.25, -0.2) is 9.37 Å². The van der Waals surface area contributed by atoms with Gasteiger partial charge in [-0.05, 0) is 48.0 Å². The molecule has 2 aromatic heterocycles. The fraction of sp³-hybridized carbons (Fsp3) is 0.0769. The Morgan fingerprint density at radius 2 is 1.80 bits per heavy atom. The third-order valence-electron chi connectivity index (χ3n) is 5.28. The van der Waals surface area contributed by atoms with Gasteiger partial charge < -0.3 is 4.74 Å². The zero-order valence-corrected chi connectivity index (χ0v) is 20.2. The minimum absolute atomic E-state index is 0.254. The fourth-order valence-electron chi connectivity index (χ4n) is 3.51. The Bertz CT molecular complexity index is 1510. The molecule has 35 heavy (non-hydrogen) atoms. The molecule has 1 amide bonds. The van der Waals surface area contributed by atoms with Crippen LogP contribution in [-0.2, 0) is 5.75 Å². The Morgan fingerprint density at radius 1 is 1.03 bits per heavy atom. The van der Waals surface area contributed by atoms with E-state index in [1.807, 2.05) is 48.5 Å². The van der Waals surface area contributed by atoms with Crippen molar-refractivity contribution in [3.05, 3.63) is 95.8 Å². The number of aromatic nitrogens is 3. The van der Waals surface area contributed by atoms with E-state index in [0.717, 1.165) is 16.7 Å². The molecular weight excluding hydrogens is 483 g/mol. The second-order valence-corrected chi connectivity index (χ2v) is 9.71. The van der Waals surface area contributed by atoms with Crippen molar-refractivity contribution in [1.29, 1.82) is 0 Å². The number of halogens is 1. The number of hydrogen-bond acceptors (Lipinski definition) is 7. The van der Waals surface area contributed by atoms with E-state index >= 15 is 0 Å². The molecule has 0 saturated carbocycles. The molecule has 0 aliphatic heterocycles. The second-order valence-electron chi connectivity index (χ2n) is 7.51. The number of para-hydroxylation sites is 1. The lowest BCUT2D eigenvalue weighted by Gasteiger charge is -2.10. The van der Waals surface area contributed by atoms with Gasteiger partial charge in [-0.3, -0.25) is 10.1 Å². The van der Waals surface area contributed by atoms with Gasteiger partial charge in [0, 0.05) is 16.7 Å². The Labute approximate surface area is 209 Å². The van der Waals surface area contributed by atoms with Gasteiger partial charge in [0.15, 0.2) is 4.34 Å². The molecule has 0 bridgehead atoms. The number of methoxy groups -OCH3 is 1. The summed E-state index contributed by atoms with van der Waals surface area (Å²) < 4.78 is 19.7. The third kappa shape index (κ3) is 5.16. The van der Waals surface area contributed by atoms with E-state index in [0.29, 0.717) is 37.6 Å². The number of nitrogens with zero attached hydrogens (tertiary/aromatic N) is 3. The average Bonchev–Trinajstić information content (AvgIpc) is 3.34. The molecule has 0 radical (unpaired) electrons. The molecule has 2 heterocycles. The molecule has 0 atom stereocenters. The monoisotopic (exact) mass is 502 g/mol. The molecule has 0 unspecified atom stereocenters. The lowest BCUT2D eigenvalue weighted by atomic mass is 10.0. The predicted octanol–water partition coefficient (Wildman–Crippen LogP) is 6.45. The highest BCUT2D eigenvalue weighted by molar-refractivity contribution is 8.00. The number of thioether (sulfide) groups is 1. The Hall–Kier alpha value is -3.82. The van der Waals surface area contributed by atoms with Gasteiger partial charge in [0.2, 0.25) is 5.13 Å². The van der Waals surface area contributed by atoms with Crippen LogP contribution < -0.4 is 10.1 Å². The summed E-state index contributed by atoms with van der Waals surface area (Å²) in [5.41, 5.74) is 3.33. The summed E-state index contributed by atoms with van der Waals surface area (Å²) in [6.45, 7) is 0. The average molecular weight is 503 g/mol. The number of pyridine rings is 1. The number of benzene rings is 3. The maximum absolute atomic E-state index is 13.9. The molecule has 0 aliphatic carbocycles. The molecule has 0 spiro atoms. The number of rotatable bonds is 7. The summed E-state index contributed by atoms with van der Waals surface area (Å²) >= 11 is 2.62. The van der Waals surface area contributed by atoms with Crippen LogP contribution in [0.1, 0.15) is 15.9 Å². The Balaban J connectivity index is 1.38. The van der Waals surface area contributed by atoms with E-state index in [9.17, 15) is 9.18 Å². The summed E-state index contributed by atoms with van der Waals surface area (Å²) in [5.74, 6) is 0.609. The number of fused-ring (bicyclic) bond motifs is 1. The van der Waals surface area contributed by atoms with Crippen LogP contribution in [0.25, 0.3) is 22.2 Å². The van der Waals surface area contributed by atoms with Crippen LogP contribution >= 0.6 is 23.1 Å². The van der Waals surface area contributed by atoms with E-state index in [-0.39, 0.29) is 11.7 Å². The standard InChI is InChI=1S/C26H19FN4O2S2/c1-33-18-12-10-16(11-13-18)23-14-20(19-7-3-5-9-22(19)28-23)24(32)29-25-30-31-26(35-25)34-15-17-6-2-4-8-21(17)27/h2-14H,15H2,1H3,(H,29,30,32). The van der Waals surface area contributed by atoms with Crippen molar-refractivity contribution >= 4 is 45.0 Å². The molecule has 5 aromatic rings. The van der Waals surface area contributed by atoms with E-state index in [1.165, 1.54) is 29.2 Å². The van der Waals surface area contributed by atoms with Crippen molar-refractivity contribution < 1.29 is 13.9 Å². The van der Waals surface area contributed by atoms with Gasteiger partial charge in [-0.2, -0.15) is 0 Å². The predicted molar refractivity (Wildman–Crippen MR) is 138 cm³/mol. The van der Waals surface area contributed by atoms with Crippen molar-refractivity contribution in [2.75, 3.05) is 12.4 Å². The number of anilines is 1. The SMILES string of the molecule is COc1ccc(-c2cc(C(=O)Nc3nnc(SCc4ccccc4F)s3)c3ccccc3n2)cc1. The number of hydrogen-bond donors (Lipinski definition) is 1. The number of carbonyl (C=O) groups is 1. The summed E-state index contributed by atoms with van der Waals surface area (Å²) in [4.78, 5) is 18.0. The summed E-state index contributed by atoms with van der Waals surface area (Å²) in [7, 11) is 1.61. The first-order valence-electron chi connectivity index (χ1n) is 10.7. The van der Waals surface area contributed by atoms with Crippen molar-refractivity contribution in [2.45, 2.75) is 10.1 Å². The molecule has 0 saturated heterocycles. The van der Waals surface area contributed by atoms with E-state index in [2.05, 4.69) is 15.5 Å². The minimum atomic E-state index is -0.305. The molecule has 3 aromatic carbocycles. The Morgan fingerprint density at radius 3 is 2.60 bits per heavy atom. The molecule has 174 valence electrons. The molecule has 5 rings (SSSR count). The first kappa shape index (κ1) is 22.9. The summed E-state index contributed by atoms with van der Waals surface area (Å²) in [6.07, 6.45) is 0. The minimum Gasteiger partial charge on any atom is -0.497 e. The zero-order chi connectivity index (χ0) is 24.2. The van der Waals surface area contributed by atoms with Crippen LogP contribution in [0, 0.1) is 5.82 Å². The van der Waals surface area contributed by atoms with Crippen LogP contribution in [0.2, 0.25) is 0 Å². The van der Waals surface area contributed by atoms with Gasteiger partial charge in [0.05, 0.1) is 23.9 Å². The van der Waals surface area contributed by atoms with Crippen LogP contribution in [0.3, 0.4) is 0 Å². The van der Waals surface area contributed by atoms with E-state index < -0.39 is 0 Å². The normalized spacial score (nSPS) is 10.9. The topological polar surface area (TPSA) is 77.0 Å². The van der Waals surface area contributed by atoms with Gasteiger partial charge in [-0.15, -0.1) is 10.2 Å². The lowest BCUT2D eigenvalue weighted by molar-refractivity contribution is 0.102. The number of carbonyl (C=O) groups excluding carboxylic acids is 1. The second kappa shape index (κ2) is 10.2. The molecular formula is C26H19FN4O2S2. The maximum Gasteiger partial charge on any atom is 0.258 e. The number of amides is 1. The van der Waals surface area contributed by atoms with Gasteiger partial charge >= 0.3 is 0 Å². The Kier molecular flexibility index (Phi) is 6.69. The van der Waals surface area contributed by atoms with Crippen molar-refractivity contribution in [1.82, 2.24) is 15.2 Å². The lowest BCUT2D eigenvalue weighted by Crippen LogP contribution is -2.13. The maximum atomic E-state index is 13.9. The summed E-state index contributed by atoms with van der Waals surface area (Å²) in [6, 6.07) is 23.4. The number of ether oxygens (including phenoxy) is 1. The fourth-order valence-corrected chi connectivity index (χ4v) is 5.24. The number of nitrogens with one attached hydrogen (secondary N) is 1. The van der Waals surface area contributed by atoms with E-state index in [4.69, 9.17) is 9.72 Å². The van der Waals surface area contributed by atoms with Gasteiger partial charge in [-0.1, -0.05) is 59.5 Å². The molecule has 9 heteroatoms. The molecule has 6 nitrogen and oxygen atoms in total. The van der Waals surface area contributed by atoms with Crippen molar-refractivity contribution in [3.8, 4) is 17.0 Å². The smallest absolute Gasteiger partial charge is 0.258 e. The van der Waals surface area contributed by atoms with Crippen LogP contribution in [0.4, 0.5) is 9.52 Å². The first-order valence-corrected chi connectivity index (χ1v) is 12.5. The highest BCUT2D eigenvalue weighted by Crippen LogP contribution is 2.30. The van der Waals surface area contributed by atoms with Crippen molar-refractivity contribution in [2.24, 2.45) is 0 Å². The zero-order valence-electron chi connectivity index (χ0n) is 18.6. The van der Waals surface area contributed by atoms with Crippen LogP contribution in [0.5, 0.6) is 5.75 Å². The summed E-state index contributed by atoms with van der Waals surface area (Å²) in [5, 5.41) is 12.2. The molecule has 0 fully saturated rings. The molecule has 0 aliphatic rings. The largest absolute Gasteiger partial charge is 0.497 e. The quantitative estimate of drug-likeness (QED) is 0.204. The van der Waals surface area contributed by atoms with Gasteiger partial charge in [0.1, 0.15) is 11.6 Å². The van der Waals surface area contributed by atoms with Crippen LogP contribution in [-0.4, -0.2) is 28.2 Å². The van der Waals surface area contributed by atoms with Crippen LogP contribution in [0.15, 0.2) is 83.2 Å². The third-order valence-corrected chi connectivity index (χ3v) is 7.30. The van der Waals surface area contributed by atoms with E-state index in [1.54, 1.807) is 31.4 Å². The molecule has 1 N–H and O–H groups in total. The van der Waals surface area contributed by atoms with Crippen molar-refractivity contribution in [3.63, 3.8) is 0 Å². The first-order chi connectivity index (χ1) is 17.1.